The van der Waals surface area contributed by atoms with Crippen molar-refractivity contribution in [1.82, 2.24) is 19.8 Å². The number of hydrogen-bond donors (Lipinski definition) is 1. The lowest BCUT2D eigenvalue weighted by Gasteiger charge is -2.34. The van der Waals surface area contributed by atoms with E-state index < -0.39 is 12.0 Å². The third-order valence-corrected chi connectivity index (χ3v) is 6.26. The molecule has 0 aliphatic carbocycles. The van der Waals surface area contributed by atoms with Gasteiger partial charge in [-0.3, -0.25) is 4.98 Å². The largest absolute Gasteiger partial charge is 0.480 e. The Balaban J connectivity index is 1.71. The molecule has 3 heterocycles. The highest BCUT2D eigenvalue weighted by molar-refractivity contribution is 7.13. The van der Waals surface area contributed by atoms with E-state index in [0.29, 0.717) is 19.6 Å². The molecule has 1 saturated heterocycles. The Morgan fingerprint density at radius 1 is 1.30 bits per heavy atom. The molecular formula is C22H30N4O3S. The summed E-state index contributed by atoms with van der Waals surface area (Å²) >= 11 is 1.49. The summed E-state index contributed by atoms with van der Waals surface area (Å²) in [5, 5.41) is 12.7. The van der Waals surface area contributed by atoms with Crippen LogP contribution in [-0.4, -0.2) is 56.0 Å². The fourth-order valence-corrected chi connectivity index (χ4v) is 4.83. The Labute approximate surface area is 181 Å². The lowest BCUT2D eigenvalue weighted by atomic mass is 9.79. The van der Waals surface area contributed by atoms with Gasteiger partial charge < -0.3 is 14.9 Å². The van der Waals surface area contributed by atoms with E-state index in [9.17, 15) is 14.7 Å². The number of rotatable bonds is 8. The Hall–Kier alpha value is -2.48. The van der Waals surface area contributed by atoms with Crippen molar-refractivity contribution in [3.63, 3.8) is 0 Å². The van der Waals surface area contributed by atoms with Gasteiger partial charge in [-0.1, -0.05) is 40.2 Å². The molecular weight excluding hydrogens is 400 g/mol. The predicted molar refractivity (Wildman–Crippen MR) is 117 cm³/mol. The van der Waals surface area contributed by atoms with Crippen LogP contribution in [0.3, 0.4) is 0 Å². The maximum atomic E-state index is 13.1. The van der Waals surface area contributed by atoms with Crippen molar-refractivity contribution in [3.8, 4) is 10.7 Å². The van der Waals surface area contributed by atoms with E-state index in [1.165, 1.54) is 16.2 Å². The second-order valence-corrected chi connectivity index (χ2v) is 9.83. The molecule has 1 aliphatic rings. The molecule has 8 heteroatoms. The summed E-state index contributed by atoms with van der Waals surface area (Å²) in [5.41, 5.74) is 1.60. The van der Waals surface area contributed by atoms with E-state index in [1.807, 2.05) is 30.5 Å². The zero-order valence-electron chi connectivity index (χ0n) is 18.0. The quantitative estimate of drug-likeness (QED) is 0.672. The molecule has 0 unspecified atom stereocenters. The number of thiazole rings is 1. The number of aromatic nitrogens is 2. The molecule has 0 spiro atoms. The molecule has 0 aromatic carbocycles. The zero-order valence-corrected chi connectivity index (χ0v) is 18.9. The highest BCUT2D eigenvalue weighted by atomic mass is 32.1. The third kappa shape index (κ3) is 5.16. The minimum Gasteiger partial charge on any atom is -0.480 e. The molecule has 0 saturated carbocycles. The smallest absolute Gasteiger partial charge is 0.326 e. The van der Waals surface area contributed by atoms with Crippen LogP contribution in [0.1, 0.15) is 46.2 Å². The Bertz CT molecular complexity index is 878. The molecule has 3 rings (SSSR count). The van der Waals surface area contributed by atoms with E-state index >= 15 is 0 Å². The van der Waals surface area contributed by atoms with Crippen LogP contribution in [0.2, 0.25) is 0 Å². The third-order valence-electron chi connectivity index (χ3n) is 5.35. The van der Waals surface area contributed by atoms with Crippen molar-refractivity contribution in [2.45, 2.75) is 53.1 Å². The highest BCUT2D eigenvalue weighted by Crippen LogP contribution is 2.32. The Kier molecular flexibility index (Phi) is 6.75. The SMILES string of the molecule is CC[C@@H](CC(C)(C)C)[C@@H](C(=O)O)N1CCN(Cc2csc(-c3ccccn3)n2)C1=O. The van der Waals surface area contributed by atoms with Crippen LogP contribution in [-0.2, 0) is 11.3 Å². The van der Waals surface area contributed by atoms with E-state index in [1.54, 1.807) is 11.1 Å². The first-order valence-corrected chi connectivity index (χ1v) is 11.2. The molecule has 0 bridgehead atoms. The van der Waals surface area contributed by atoms with Gasteiger partial charge in [-0.25, -0.2) is 14.6 Å². The molecule has 30 heavy (non-hydrogen) atoms. The van der Waals surface area contributed by atoms with E-state index in [-0.39, 0.29) is 17.4 Å². The molecule has 2 aromatic rings. The van der Waals surface area contributed by atoms with Gasteiger partial charge in [0.2, 0.25) is 0 Å². The van der Waals surface area contributed by atoms with Crippen LogP contribution < -0.4 is 0 Å². The first kappa shape index (κ1) is 22.2. The molecule has 1 N–H and O–H groups in total. The van der Waals surface area contributed by atoms with Crippen LogP contribution in [0.15, 0.2) is 29.8 Å². The van der Waals surface area contributed by atoms with Crippen molar-refractivity contribution in [1.29, 1.82) is 0 Å². The van der Waals surface area contributed by atoms with E-state index in [4.69, 9.17) is 0 Å². The van der Waals surface area contributed by atoms with Gasteiger partial charge >= 0.3 is 12.0 Å². The number of hydrogen-bond acceptors (Lipinski definition) is 5. The van der Waals surface area contributed by atoms with Crippen LogP contribution in [0.5, 0.6) is 0 Å². The Morgan fingerprint density at radius 2 is 2.07 bits per heavy atom. The van der Waals surface area contributed by atoms with Crippen LogP contribution in [0.4, 0.5) is 4.79 Å². The van der Waals surface area contributed by atoms with Crippen LogP contribution in [0.25, 0.3) is 10.7 Å². The first-order valence-electron chi connectivity index (χ1n) is 10.3. The van der Waals surface area contributed by atoms with E-state index in [0.717, 1.165) is 29.2 Å². The van der Waals surface area contributed by atoms with E-state index in [2.05, 4.69) is 30.7 Å². The van der Waals surface area contributed by atoms with Crippen molar-refractivity contribution < 1.29 is 14.7 Å². The van der Waals surface area contributed by atoms with Gasteiger partial charge in [-0.05, 0) is 29.9 Å². The number of carboxylic acids is 1. The topological polar surface area (TPSA) is 86.6 Å². The van der Waals surface area contributed by atoms with Crippen molar-refractivity contribution in [2.24, 2.45) is 11.3 Å². The van der Waals surface area contributed by atoms with Gasteiger partial charge in [0.25, 0.3) is 0 Å². The van der Waals surface area contributed by atoms with Crippen LogP contribution >= 0.6 is 11.3 Å². The second-order valence-electron chi connectivity index (χ2n) is 8.97. The summed E-state index contributed by atoms with van der Waals surface area (Å²) in [6.07, 6.45) is 3.20. The standard InChI is InChI=1S/C22H30N4O3S/c1-5-15(12-22(2,3)4)18(20(27)28)26-11-10-25(21(26)29)13-16-14-30-19(24-16)17-8-6-7-9-23-17/h6-9,14-15,18H,5,10-13H2,1-4H3,(H,27,28)/t15-,18-/m0/s1. The molecule has 2 atom stereocenters. The molecule has 162 valence electrons. The van der Waals surface area contributed by atoms with Crippen molar-refractivity contribution >= 4 is 23.3 Å². The molecule has 7 nitrogen and oxygen atoms in total. The number of urea groups is 1. The maximum Gasteiger partial charge on any atom is 0.326 e. The molecule has 1 aliphatic heterocycles. The van der Waals surface area contributed by atoms with Gasteiger partial charge in [-0.2, -0.15) is 0 Å². The number of carbonyl (C=O) groups excluding carboxylic acids is 1. The number of carbonyl (C=O) groups is 2. The van der Waals surface area contributed by atoms with Crippen LogP contribution in [0, 0.1) is 11.3 Å². The maximum absolute atomic E-state index is 13.1. The van der Waals surface area contributed by atoms with Gasteiger partial charge in [0.05, 0.1) is 17.9 Å². The first-order chi connectivity index (χ1) is 14.2. The lowest BCUT2D eigenvalue weighted by Crippen LogP contribution is -2.48. The number of nitrogens with zero attached hydrogens (tertiary/aromatic N) is 4. The summed E-state index contributed by atoms with van der Waals surface area (Å²) in [5.74, 6) is -1.01. The average Bonchev–Trinajstić information content (AvgIpc) is 3.29. The molecule has 0 radical (unpaired) electrons. The number of amides is 2. The van der Waals surface area contributed by atoms with Gasteiger partial charge in [-0.15, -0.1) is 11.3 Å². The summed E-state index contributed by atoms with van der Waals surface area (Å²) < 4.78 is 0. The Morgan fingerprint density at radius 3 is 2.67 bits per heavy atom. The fourth-order valence-electron chi connectivity index (χ4n) is 4.04. The monoisotopic (exact) mass is 430 g/mol. The van der Waals surface area contributed by atoms with Gasteiger partial charge in [0.1, 0.15) is 11.0 Å². The molecule has 1 fully saturated rings. The lowest BCUT2D eigenvalue weighted by molar-refractivity contribution is -0.144. The summed E-state index contributed by atoms with van der Waals surface area (Å²) in [4.78, 5) is 37.3. The normalized spacial score (nSPS) is 16.7. The van der Waals surface area contributed by atoms with Gasteiger partial charge in [0, 0.05) is 24.7 Å². The van der Waals surface area contributed by atoms with Gasteiger partial charge in [0.15, 0.2) is 0 Å². The summed E-state index contributed by atoms with van der Waals surface area (Å²) in [6.45, 7) is 9.62. The van der Waals surface area contributed by atoms with Crippen molar-refractivity contribution in [3.05, 3.63) is 35.5 Å². The van der Waals surface area contributed by atoms with Crippen molar-refractivity contribution in [2.75, 3.05) is 13.1 Å². The summed E-state index contributed by atoms with van der Waals surface area (Å²) in [7, 11) is 0. The minimum atomic E-state index is -0.924. The number of pyridine rings is 1. The number of aliphatic carboxylic acids is 1. The number of carboxylic acid groups (broad SMARTS) is 1. The molecule has 2 aromatic heterocycles. The molecule has 2 amide bonds. The second kappa shape index (κ2) is 9.12. The zero-order chi connectivity index (χ0) is 21.9. The summed E-state index contributed by atoms with van der Waals surface area (Å²) in [6, 6.07) is 4.66. The minimum absolute atomic E-state index is 0.000687. The fraction of sp³-hybridized carbons (Fsp3) is 0.545. The predicted octanol–water partition coefficient (Wildman–Crippen LogP) is 4.36. The highest BCUT2D eigenvalue weighted by Gasteiger charge is 2.42. The average molecular weight is 431 g/mol.